The van der Waals surface area contributed by atoms with Gasteiger partial charge in [-0.05, 0) is 56.9 Å². The van der Waals surface area contributed by atoms with E-state index in [9.17, 15) is 9.59 Å². The van der Waals surface area contributed by atoms with Crippen LogP contribution in [0.4, 0.5) is 5.69 Å². The molecule has 0 saturated carbocycles. The fourth-order valence-electron chi connectivity index (χ4n) is 3.96. The second-order valence-corrected chi connectivity index (χ2v) is 7.10. The number of piperazine rings is 1. The zero-order valence-electron chi connectivity index (χ0n) is 15.7. The van der Waals surface area contributed by atoms with Crippen molar-refractivity contribution in [1.82, 2.24) is 15.1 Å². The van der Waals surface area contributed by atoms with Gasteiger partial charge >= 0.3 is 0 Å². The van der Waals surface area contributed by atoms with Crippen LogP contribution in [0.15, 0.2) is 24.3 Å². The van der Waals surface area contributed by atoms with Gasteiger partial charge in [0.15, 0.2) is 5.69 Å². The van der Waals surface area contributed by atoms with Crippen LogP contribution in [0.25, 0.3) is 0 Å². The van der Waals surface area contributed by atoms with E-state index in [1.807, 2.05) is 24.3 Å². The number of H-pyrrole nitrogens is 1. The van der Waals surface area contributed by atoms with Crippen LogP contribution in [-0.4, -0.2) is 53.2 Å². The number of rotatable bonds is 3. The van der Waals surface area contributed by atoms with Crippen molar-refractivity contribution in [2.45, 2.75) is 38.6 Å². The van der Waals surface area contributed by atoms with Crippen molar-refractivity contribution in [3.8, 4) is 5.75 Å². The number of aryl methyl sites for hydroxylation is 1. The number of anilines is 1. The third-order valence-electron chi connectivity index (χ3n) is 5.56. The fraction of sp³-hybridized carbons (Fsp3) is 0.450. The molecule has 27 heavy (non-hydrogen) atoms. The van der Waals surface area contributed by atoms with Crippen molar-refractivity contribution in [2.75, 3.05) is 25.1 Å². The van der Waals surface area contributed by atoms with Gasteiger partial charge in [0.1, 0.15) is 11.8 Å². The standard InChI is InChI=1S/C20H24N4O3/c1-13-19(25)24(14-7-9-15(27-2)10-8-14)12-11-23(13)20(26)18-16-5-3-4-6-17(16)21-22-18/h7-10,13H,3-6,11-12H2,1-2H3,(H,21,22)/t13-/m1/s1. The molecule has 2 aromatic rings. The largest absolute Gasteiger partial charge is 0.497 e. The number of benzene rings is 1. The molecule has 142 valence electrons. The van der Waals surface area contributed by atoms with E-state index in [2.05, 4.69) is 10.2 Å². The maximum absolute atomic E-state index is 13.1. The second kappa shape index (κ2) is 7.06. The third kappa shape index (κ3) is 3.07. The van der Waals surface area contributed by atoms with Crippen LogP contribution in [0.2, 0.25) is 0 Å². The molecule has 1 fully saturated rings. The molecule has 1 atom stereocenters. The van der Waals surface area contributed by atoms with Crippen molar-refractivity contribution in [3.63, 3.8) is 0 Å². The van der Waals surface area contributed by atoms with Gasteiger partial charge < -0.3 is 14.5 Å². The summed E-state index contributed by atoms with van der Waals surface area (Å²) in [5.41, 5.74) is 3.41. The predicted molar refractivity (Wildman–Crippen MR) is 101 cm³/mol. The van der Waals surface area contributed by atoms with Gasteiger partial charge in [-0.3, -0.25) is 14.7 Å². The zero-order valence-corrected chi connectivity index (χ0v) is 15.7. The summed E-state index contributed by atoms with van der Waals surface area (Å²) < 4.78 is 5.17. The predicted octanol–water partition coefficient (Wildman–Crippen LogP) is 2.17. The normalized spacial score (nSPS) is 19.8. The monoisotopic (exact) mass is 368 g/mol. The highest BCUT2D eigenvalue weighted by Crippen LogP contribution is 2.26. The molecule has 1 aliphatic carbocycles. The number of hydrogen-bond donors (Lipinski definition) is 1. The molecular formula is C20H24N4O3. The molecule has 7 heteroatoms. The lowest BCUT2D eigenvalue weighted by Gasteiger charge is -2.39. The summed E-state index contributed by atoms with van der Waals surface area (Å²) in [6, 6.07) is 6.88. The molecule has 1 aromatic carbocycles. The highest BCUT2D eigenvalue weighted by atomic mass is 16.5. The Morgan fingerprint density at radius 2 is 1.93 bits per heavy atom. The zero-order chi connectivity index (χ0) is 19.0. The van der Waals surface area contributed by atoms with Gasteiger partial charge in [-0.2, -0.15) is 5.10 Å². The van der Waals surface area contributed by atoms with Gasteiger partial charge in [-0.1, -0.05) is 0 Å². The first-order chi connectivity index (χ1) is 13.1. The Hall–Kier alpha value is -2.83. The summed E-state index contributed by atoms with van der Waals surface area (Å²) in [6.45, 7) is 2.74. The number of nitrogens with one attached hydrogen (secondary N) is 1. The molecule has 2 amide bonds. The van der Waals surface area contributed by atoms with Crippen molar-refractivity contribution >= 4 is 17.5 Å². The molecule has 2 aliphatic rings. The van der Waals surface area contributed by atoms with Crippen molar-refractivity contribution in [3.05, 3.63) is 41.2 Å². The lowest BCUT2D eigenvalue weighted by molar-refractivity contribution is -0.124. The van der Waals surface area contributed by atoms with E-state index in [-0.39, 0.29) is 11.8 Å². The molecular weight excluding hydrogens is 344 g/mol. The van der Waals surface area contributed by atoms with E-state index < -0.39 is 6.04 Å². The summed E-state index contributed by atoms with van der Waals surface area (Å²) in [5, 5.41) is 7.29. The molecule has 0 spiro atoms. The third-order valence-corrected chi connectivity index (χ3v) is 5.56. The number of nitrogens with zero attached hydrogens (tertiary/aromatic N) is 3. The lowest BCUT2D eigenvalue weighted by atomic mass is 9.95. The van der Waals surface area contributed by atoms with Gasteiger partial charge in [0.05, 0.1) is 7.11 Å². The van der Waals surface area contributed by atoms with Crippen LogP contribution in [-0.2, 0) is 17.6 Å². The summed E-state index contributed by atoms with van der Waals surface area (Å²) in [7, 11) is 1.61. The number of hydrogen-bond acceptors (Lipinski definition) is 4. The molecule has 1 saturated heterocycles. The minimum Gasteiger partial charge on any atom is -0.497 e. The van der Waals surface area contributed by atoms with Crippen LogP contribution in [0.1, 0.15) is 41.5 Å². The van der Waals surface area contributed by atoms with Crippen molar-refractivity contribution in [1.29, 1.82) is 0 Å². The number of fused-ring (bicyclic) bond motifs is 1. The number of amides is 2. The van der Waals surface area contributed by atoms with Gasteiger partial charge in [-0.15, -0.1) is 0 Å². The molecule has 0 unspecified atom stereocenters. The van der Waals surface area contributed by atoms with Crippen LogP contribution in [0.3, 0.4) is 0 Å². The lowest BCUT2D eigenvalue weighted by Crippen LogP contribution is -2.58. The topological polar surface area (TPSA) is 78.5 Å². The van der Waals surface area contributed by atoms with Crippen LogP contribution in [0, 0.1) is 0 Å². The Bertz CT molecular complexity index is 859. The number of carbonyl (C=O) groups is 2. The molecule has 1 aromatic heterocycles. The van der Waals surface area contributed by atoms with Crippen LogP contribution in [0.5, 0.6) is 5.75 Å². The Balaban J connectivity index is 1.52. The number of aromatic amines is 1. The second-order valence-electron chi connectivity index (χ2n) is 7.10. The molecule has 4 rings (SSSR count). The molecule has 2 heterocycles. The van der Waals surface area contributed by atoms with E-state index in [1.165, 1.54) is 0 Å². The summed E-state index contributed by atoms with van der Waals surface area (Å²) in [4.78, 5) is 29.4. The minimum atomic E-state index is -0.524. The average Bonchev–Trinajstić information content (AvgIpc) is 3.14. The summed E-state index contributed by atoms with van der Waals surface area (Å²) in [6.07, 6.45) is 4.02. The number of carbonyl (C=O) groups excluding carboxylic acids is 2. The smallest absolute Gasteiger partial charge is 0.275 e. The Labute approximate surface area is 158 Å². The Morgan fingerprint density at radius 3 is 2.67 bits per heavy atom. The maximum Gasteiger partial charge on any atom is 0.275 e. The van der Waals surface area contributed by atoms with E-state index in [4.69, 9.17) is 4.74 Å². The molecule has 0 radical (unpaired) electrons. The number of ether oxygens (including phenoxy) is 1. The number of aromatic nitrogens is 2. The quantitative estimate of drug-likeness (QED) is 0.901. The number of methoxy groups -OCH3 is 1. The van der Waals surface area contributed by atoms with Crippen LogP contribution < -0.4 is 9.64 Å². The SMILES string of the molecule is COc1ccc(N2CCN(C(=O)c3n[nH]c4c3CCCC4)[C@H](C)C2=O)cc1. The Kier molecular flexibility index (Phi) is 4.59. The molecule has 0 bridgehead atoms. The van der Waals surface area contributed by atoms with Crippen molar-refractivity contribution in [2.24, 2.45) is 0 Å². The maximum atomic E-state index is 13.1. The van der Waals surface area contributed by atoms with Crippen molar-refractivity contribution < 1.29 is 14.3 Å². The Morgan fingerprint density at radius 1 is 1.19 bits per heavy atom. The first-order valence-corrected chi connectivity index (χ1v) is 9.42. The average molecular weight is 368 g/mol. The highest BCUT2D eigenvalue weighted by Gasteiger charge is 2.37. The van der Waals surface area contributed by atoms with Gasteiger partial charge in [0.2, 0.25) is 5.91 Å². The molecule has 1 N–H and O–H groups in total. The minimum absolute atomic E-state index is 0.0795. The van der Waals surface area contributed by atoms with E-state index in [0.717, 1.165) is 48.4 Å². The molecule has 1 aliphatic heterocycles. The summed E-state index contributed by atoms with van der Waals surface area (Å²) in [5.74, 6) is 0.519. The van der Waals surface area contributed by atoms with E-state index >= 15 is 0 Å². The van der Waals surface area contributed by atoms with Gasteiger partial charge in [0, 0.05) is 30.0 Å². The molecule has 7 nitrogen and oxygen atoms in total. The van der Waals surface area contributed by atoms with Crippen LogP contribution >= 0.6 is 0 Å². The fourth-order valence-corrected chi connectivity index (χ4v) is 3.96. The summed E-state index contributed by atoms with van der Waals surface area (Å²) >= 11 is 0. The van der Waals surface area contributed by atoms with Gasteiger partial charge in [-0.25, -0.2) is 0 Å². The first kappa shape index (κ1) is 17.6. The van der Waals surface area contributed by atoms with E-state index in [1.54, 1.807) is 23.8 Å². The first-order valence-electron chi connectivity index (χ1n) is 9.42. The highest BCUT2D eigenvalue weighted by molar-refractivity contribution is 6.03. The van der Waals surface area contributed by atoms with Gasteiger partial charge in [0.25, 0.3) is 5.91 Å². The van der Waals surface area contributed by atoms with E-state index in [0.29, 0.717) is 18.8 Å².